The summed E-state index contributed by atoms with van der Waals surface area (Å²) >= 11 is 0. The number of nitrogens with zero attached hydrogens (tertiary/aromatic N) is 2. The van der Waals surface area contributed by atoms with Crippen LogP contribution < -0.4 is 4.74 Å². The predicted molar refractivity (Wildman–Crippen MR) is 60.7 cm³/mol. The van der Waals surface area contributed by atoms with Gasteiger partial charge in [-0.2, -0.15) is 0 Å². The van der Waals surface area contributed by atoms with Gasteiger partial charge in [-0.05, 0) is 17.7 Å². The molecule has 17 heavy (non-hydrogen) atoms. The molecule has 3 rings (SSSR count). The number of nitro benzene ring substituents is 1. The minimum absolute atomic E-state index is 0.0878. The van der Waals surface area contributed by atoms with E-state index in [0.29, 0.717) is 12.4 Å². The van der Waals surface area contributed by atoms with Gasteiger partial charge in [0.2, 0.25) is 0 Å². The number of rotatable bonds is 1. The van der Waals surface area contributed by atoms with Crippen LogP contribution in [-0.2, 0) is 6.61 Å². The summed E-state index contributed by atoms with van der Waals surface area (Å²) in [7, 11) is 0. The lowest BCUT2D eigenvalue weighted by atomic mass is 9.98. The zero-order valence-electron chi connectivity index (χ0n) is 8.79. The van der Waals surface area contributed by atoms with Gasteiger partial charge in [0.1, 0.15) is 12.4 Å². The number of fused-ring (bicyclic) bond motifs is 3. The van der Waals surface area contributed by atoms with Crippen molar-refractivity contribution in [2.75, 3.05) is 0 Å². The molecule has 5 heteroatoms. The molecule has 0 unspecified atom stereocenters. The average Bonchev–Trinajstić information content (AvgIpc) is 2.38. The Bertz CT molecular complexity index is 610. The first-order valence-corrected chi connectivity index (χ1v) is 5.10. The van der Waals surface area contributed by atoms with Gasteiger partial charge in [-0.25, -0.2) is 0 Å². The van der Waals surface area contributed by atoms with Crippen LogP contribution in [0.2, 0.25) is 0 Å². The molecule has 0 saturated heterocycles. The fraction of sp³-hybridized carbons (Fsp3) is 0.0833. The van der Waals surface area contributed by atoms with Crippen molar-refractivity contribution >= 4 is 5.69 Å². The Kier molecular flexibility index (Phi) is 2.04. The molecular formula is C12H8N2O3. The quantitative estimate of drug-likeness (QED) is 0.555. The maximum atomic E-state index is 10.7. The minimum atomic E-state index is -0.400. The van der Waals surface area contributed by atoms with Crippen molar-refractivity contribution in [3.8, 4) is 16.9 Å². The smallest absolute Gasteiger partial charge is 0.269 e. The average molecular weight is 228 g/mol. The maximum absolute atomic E-state index is 10.7. The molecule has 84 valence electrons. The van der Waals surface area contributed by atoms with Crippen molar-refractivity contribution < 1.29 is 9.66 Å². The third-order valence-electron chi connectivity index (χ3n) is 2.76. The molecular weight excluding hydrogens is 220 g/mol. The van der Waals surface area contributed by atoms with Gasteiger partial charge in [-0.3, -0.25) is 15.1 Å². The van der Waals surface area contributed by atoms with E-state index < -0.39 is 4.92 Å². The molecule has 2 aromatic rings. The van der Waals surface area contributed by atoms with E-state index in [0.717, 1.165) is 16.7 Å². The molecule has 0 saturated carbocycles. The summed E-state index contributed by atoms with van der Waals surface area (Å²) in [4.78, 5) is 14.3. The van der Waals surface area contributed by atoms with Crippen molar-refractivity contribution in [3.63, 3.8) is 0 Å². The summed E-state index contributed by atoms with van der Waals surface area (Å²) in [6.07, 6.45) is 3.33. The topological polar surface area (TPSA) is 65.3 Å². The van der Waals surface area contributed by atoms with E-state index in [1.807, 2.05) is 6.07 Å². The SMILES string of the molecule is O=[N+]([O-])c1ccc2c(c1)COc1cnccc1-2. The van der Waals surface area contributed by atoms with Crippen molar-refractivity contribution in [1.82, 2.24) is 4.98 Å². The molecule has 1 aliphatic heterocycles. The van der Waals surface area contributed by atoms with E-state index in [2.05, 4.69) is 4.98 Å². The van der Waals surface area contributed by atoms with Gasteiger partial charge in [-0.1, -0.05) is 0 Å². The highest BCUT2D eigenvalue weighted by molar-refractivity contribution is 5.75. The summed E-state index contributed by atoms with van der Waals surface area (Å²) in [6, 6.07) is 6.67. The van der Waals surface area contributed by atoms with Crippen LogP contribution in [0.3, 0.4) is 0 Å². The second kappa shape index (κ2) is 3.55. The first-order valence-electron chi connectivity index (χ1n) is 5.10. The van der Waals surface area contributed by atoms with E-state index in [-0.39, 0.29) is 5.69 Å². The van der Waals surface area contributed by atoms with Crippen LogP contribution in [0.15, 0.2) is 36.7 Å². The minimum Gasteiger partial charge on any atom is -0.487 e. The highest BCUT2D eigenvalue weighted by Crippen LogP contribution is 2.37. The third kappa shape index (κ3) is 1.52. The summed E-state index contributed by atoms with van der Waals surface area (Å²) in [6.45, 7) is 0.343. The largest absolute Gasteiger partial charge is 0.487 e. The van der Waals surface area contributed by atoms with Gasteiger partial charge in [-0.15, -0.1) is 0 Å². The van der Waals surface area contributed by atoms with Crippen molar-refractivity contribution in [1.29, 1.82) is 0 Å². The number of aromatic nitrogens is 1. The molecule has 0 atom stereocenters. The van der Waals surface area contributed by atoms with Gasteiger partial charge in [0, 0.05) is 29.5 Å². The Balaban J connectivity index is 2.18. The number of non-ortho nitro benzene ring substituents is 1. The number of ether oxygens (including phenoxy) is 1. The first kappa shape index (κ1) is 9.77. The Labute approximate surface area is 96.8 Å². The molecule has 0 bridgehead atoms. The van der Waals surface area contributed by atoms with Gasteiger partial charge in [0.05, 0.1) is 11.1 Å². The van der Waals surface area contributed by atoms with Gasteiger partial charge in [0.25, 0.3) is 5.69 Å². The van der Waals surface area contributed by atoms with E-state index >= 15 is 0 Å². The molecule has 0 aliphatic carbocycles. The van der Waals surface area contributed by atoms with Crippen molar-refractivity contribution in [3.05, 3.63) is 52.3 Å². The lowest BCUT2D eigenvalue weighted by Crippen LogP contribution is -2.06. The summed E-state index contributed by atoms with van der Waals surface area (Å²) in [5.41, 5.74) is 2.82. The molecule has 2 heterocycles. The Morgan fingerprint density at radius 3 is 3.00 bits per heavy atom. The lowest BCUT2D eigenvalue weighted by molar-refractivity contribution is -0.384. The van der Waals surface area contributed by atoms with E-state index in [1.54, 1.807) is 24.5 Å². The molecule has 0 radical (unpaired) electrons. The van der Waals surface area contributed by atoms with Gasteiger partial charge >= 0.3 is 0 Å². The number of hydrogen-bond acceptors (Lipinski definition) is 4. The van der Waals surface area contributed by atoms with Crippen LogP contribution in [0.4, 0.5) is 5.69 Å². The number of nitro groups is 1. The molecule has 1 aliphatic rings. The molecule has 0 amide bonds. The monoisotopic (exact) mass is 228 g/mol. The Morgan fingerprint density at radius 1 is 1.29 bits per heavy atom. The lowest BCUT2D eigenvalue weighted by Gasteiger charge is -2.19. The van der Waals surface area contributed by atoms with Crippen LogP contribution in [0.5, 0.6) is 5.75 Å². The normalized spacial score (nSPS) is 12.2. The summed E-state index contributed by atoms with van der Waals surface area (Å²) in [5, 5.41) is 10.7. The summed E-state index contributed by atoms with van der Waals surface area (Å²) < 4.78 is 5.50. The fourth-order valence-corrected chi connectivity index (χ4v) is 1.95. The molecule has 1 aromatic carbocycles. The molecule has 5 nitrogen and oxygen atoms in total. The van der Waals surface area contributed by atoms with E-state index in [1.165, 1.54) is 6.07 Å². The van der Waals surface area contributed by atoms with Crippen molar-refractivity contribution in [2.45, 2.75) is 6.61 Å². The number of benzene rings is 1. The Hall–Kier alpha value is -2.43. The zero-order chi connectivity index (χ0) is 11.8. The van der Waals surface area contributed by atoms with Crippen LogP contribution in [0, 0.1) is 10.1 Å². The second-order valence-electron chi connectivity index (χ2n) is 3.76. The van der Waals surface area contributed by atoms with Crippen LogP contribution >= 0.6 is 0 Å². The first-order chi connectivity index (χ1) is 8.25. The predicted octanol–water partition coefficient (Wildman–Crippen LogP) is 2.55. The standard InChI is InChI=1S/C12H8N2O3/c15-14(16)9-1-2-10-8(5-9)7-17-12-6-13-4-3-11(10)12/h1-6H,7H2. The van der Waals surface area contributed by atoms with Crippen LogP contribution in [0.25, 0.3) is 11.1 Å². The second-order valence-corrected chi connectivity index (χ2v) is 3.76. The van der Waals surface area contributed by atoms with Crippen LogP contribution in [0.1, 0.15) is 5.56 Å². The van der Waals surface area contributed by atoms with Gasteiger partial charge in [0.15, 0.2) is 0 Å². The molecule has 0 N–H and O–H groups in total. The molecule has 0 fully saturated rings. The number of pyridine rings is 1. The molecule has 1 aromatic heterocycles. The maximum Gasteiger partial charge on any atom is 0.269 e. The highest BCUT2D eigenvalue weighted by atomic mass is 16.6. The van der Waals surface area contributed by atoms with E-state index in [9.17, 15) is 10.1 Å². The third-order valence-corrected chi connectivity index (χ3v) is 2.76. The highest BCUT2D eigenvalue weighted by Gasteiger charge is 2.19. The fourth-order valence-electron chi connectivity index (χ4n) is 1.95. The van der Waals surface area contributed by atoms with Crippen molar-refractivity contribution in [2.24, 2.45) is 0 Å². The summed E-state index contributed by atoms with van der Waals surface area (Å²) in [5.74, 6) is 0.717. The molecule has 0 spiro atoms. The zero-order valence-corrected chi connectivity index (χ0v) is 8.79. The van der Waals surface area contributed by atoms with E-state index in [4.69, 9.17) is 4.74 Å². The van der Waals surface area contributed by atoms with Crippen LogP contribution in [-0.4, -0.2) is 9.91 Å². The van der Waals surface area contributed by atoms with Gasteiger partial charge < -0.3 is 4.74 Å². The Morgan fingerprint density at radius 2 is 2.18 bits per heavy atom. The number of hydrogen-bond donors (Lipinski definition) is 0.